The molecule has 1 rings (SSSR count). The normalized spacial score (nSPS) is 13.9. The summed E-state index contributed by atoms with van der Waals surface area (Å²) in [6, 6.07) is 4.03. The van der Waals surface area contributed by atoms with E-state index in [0.29, 0.717) is 6.54 Å². The van der Waals surface area contributed by atoms with Gasteiger partial charge in [0, 0.05) is 37.3 Å². The molecule has 0 bridgehead atoms. The highest BCUT2D eigenvalue weighted by atomic mass is 32.2. The highest BCUT2D eigenvalue weighted by Crippen LogP contribution is 2.02. The SMILES string of the molecule is CCn1cccc1CNC(C)CS(C)(=O)=O. The lowest BCUT2D eigenvalue weighted by Gasteiger charge is -2.13. The first-order valence-corrected chi connectivity index (χ1v) is 7.53. The van der Waals surface area contributed by atoms with Crippen LogP contribution in [0.3, 0.4) is 0 Å². The van der Waals surface area contributed by atoms with Crippen molar-refractivity contribution in [2.24, 2.45) is 0 Å². The van der Waals surface area contributed by atoms with Crippen LogP contribution in [-0.4, -0.2) is 31.0 Å². The summed E-state index contributed by atoms with van der Waals surface area (Å²) in [4.78, 5) is 0. The Morgan fingerprint density at radius 1 is 1.50 bits per heavy atom. The topological polar surface area (TPSA) is 51.1 Å². The molecule has 1 atom stereocenters. The van der Waals surface area contributed by atoms with Crippen molar-refractivity contribution in [3.63, 3.8) is 0 Å². The summed E-state index contributed by atoms with van der Waals surface area (Å²) in [5.41, 5.74) is 1.18. The number of aryl methyl sites for hydroxylation is 1. The van der Waals surface area contributed by atoms with E-state index in [1.54, 1.807) is 0 Å². The molecule has 0 aromatic carbocycles. The summed E-state index contributed by atoms with van der Waals surface area (Å²) in [5, 5.41) is 3.22. The molecule has 4 nitrogen and oxygen atoms in total. The Labute approximate surface area is 97.6 Å². The van der Waals surface area contributed by atoms with Crippen LogP contribution >= 0.6 is 0 Å². The second-order valence-corrected chi connectivity index (χ2v) is 6.34. The lowest BCUT2D eigenvalue weighted by molar-refractivity contribution is 0.545. The van der Waals surface area contributed by atoms with Crippen LogP contribution in [0.4, 0.5) is 0 Å². The van der Waals surface area contributed by atoms with E-state index in [1.165, 1.54) is 11.9 Å². The first kappa shape index (κ1) is 13.3. The Balaban J connectivity index is 2.46. The quantitative estimate of drug-likeness (QED) is 0.813. The van der Waals surface area contributed by atoms with Gasteiger partial charge in [0.25, 0.3) is 0 Å². The molecule has 16 heavy (non-hydrogen) atoms. The summed E-state index contributed by atoms with van der Waals surface area (Å²) >= 11 is 0. The third-order valence-corrected chi connectivity index (χ3v) is 3.55. The molecule has 1 unspecified atom stereocenters. The second-order valence-electron chi connectivity index (χ2n) is 4.16. The van der Waals surface area contributed by atoms with E-state index in [0.717, 1.165) is 6.54 Å². The molecule has 0 saturated heterocycles. The van der Waals surface area contributed by atoms with Crippen LogP contribution in [0.1, 0.15) is 19.5 Å². The second kappa shape index (κ2) is 5.50. The van der Waals surface area contributed by atoms with Gasteiger partial charge in [-0.15, -0.1) is 0 Å². The maximum Gasteiger partial charge on any atom is 0.148 e. The number of hydrogen-bond donors (Lipinski definition) is 1. The maximum absolute atomic E-state index is 11.1. The summed E-state index contributed by atoms with van der Waals surface area (Å²) in [7, 11) is -2.90. The molecule has 5 heteroatoms. The predicted octanol–water partition coefficient (Wildman–Crippen LogP) is 1.03. The van der Waals surface area contributed by atoms with Gasteiger partial charge in [0.15, 0.2) is 0 Å². The Kier molecular flexibility index (Phi) is 4.56. The van der Waals surface area contributed by atoms with Crippen molar-refractivity contribution in [3.8, 4) is 0 Å². The largest absolute Gasteiger partial charge is 0.351 e. The average molecular weight is 244 g/mol. The lowest BCUT2D eigenvalue weighted by atomic mass is 10.3. The van der Waals surface area contributed by atoms with Crippen LogP contribution in [0, 0.1) is 0 Å². The zero-order valence-electron chi connectivity index (χ0n) is 10.1. The third kappa shape index (κ3) is 4.37. The smallest absolute Gasteiger partial charge is 0.148 e. The first-order valence-electron chi connectivity index (χ1n) is 5.47. The van der Waals surface area contributed by atoms with Gasteiger partial charge in [-0.3, -0.25) is 0 Å². The molecular weight excluding hydrogens is 224 g/mol. The Morgan fingerprint density at radius 2 is 2.19 bits per heavy atom. The fourth-order valence-corrected chi connectivity index (χ4v) is 2.74. The molecule has 92 valence electrons. The van der Waals surface area contributed by atoms with Gasteiger partial charge in [0.1, 0.15) is 9.84 Å². The van der Waals surface area contributed by atoms with E-state index in [2.05, 4.69) is 16.8 Å². The minimum Gasteiger partial charge on any atom is -0.351 e. The molecule has 1 aromatic rings. The van der Waals surface area contributed by atoms with Crippen LogP contribution in [0.25, 0.3) is 0 Å². The molecule has 0 amide bonds. The van der Waals surface area contributed by atoms with E-state index in [4.69, 9.17) is 0 Å². The van der Waals surface area contributed by atoms with E-state index in [-0.39, 0.29) is 11.8 Å². The van der Waals surface area contributed by atoms with Crippen LogP contribution in [-0.2, 0) is 22.9 Å². The summed E-state index contributed by atoms with van der Waals surface area (Å²) in [6.07, 6.45) is 3.29. The fourth-order valence-electron chi connectivity index (χ4n) is 1.71. The van der Waals surface area contributed by atoms with E-state index >= 15 is 0 Å². The fraction of sp³-hybridized carbons (Fsp3) is 0.636. The van der Waals surface area contributed by atoms with Crippen LogP contribution < -0.4 is 5.32 Å². The highest BCUT2D eigenvalue weighted by Gasteiger charge is 2.10. The van der Waals surface area contributed by atoms with Crippen molar-refractivity contribution in [2.75, 3.05) is 12.0 Å². The van der Waals surface area contributed by atoms with Gasteiger partial charge in [-0.1, -0.05) is 0 Å². The van der Waals surface area contributed by atoms with Gasteiger partial charge < -0.3 is 9.88 Å². The molecule has 0 saturated carbocycles. The highest BCUT2D eigenvalue weighted by molar-refractivity contribution is 7.90. The molecule has 0 radical (unpaired) electrons. The van der Waals surface area contributed by atoms with Gasteiger partial charge in [0.2, 0.25) is 0 Å². The van der Waals surface area contributed by atoms with Gasteiger partial charge >= 0.3 is 0 Å². The van der Waals surface area contributed by atoms with E-state index in [9.17, 15) is 8.42 Å². The number of hydrogen-bond acceptors (Lipinski definition) is 3. The molecule has 1 heterocycles. The van der Waals surface area contributed by atoms with Crippen LogP contribution in [0.5, 0.6) is 0 Å². The van der Waals surface area contributed by atoms with Crippen LogP contribution in [0.2, 0.25) is 0 Å². The molecule has 1 aromatic heterocycles. The Hall–Kier alpha value is -0.810. The standard InChI is InChI=1S/C11H20N2O2S/c1-4-13-7-5-6-11(13)8-12-10(2)9-16(3,14)15/h5-7,10,12H,4,8-9H2,1-3H3. The van der Waals surface area contributed by atoms with Gasteiger partial charge in [0.05, 0.1) is 5.75 Å². The molecule has 0 spiro atoms. The molecular formula is C11H20N2O2S. The van der Waals surface area contributed by atoms with Gasteiger partial charge in [-0.2, -0.15) is 0 Å². The molecule has 1 N–H and O–H groups in total. The Morgan fingerprint density at radius 3 is 2.75 bits per heavy atom. The number of aromatic nitrogens is 1. The summed E-state index contributed by atoms with van der Waals surface area (Å²) in [6.45, 7) is 5.62. The lowest BCUT2D eigenvalue weighted by Crippen LogP contribution is -2.32. The van der Waals surface area contributed by atoms with E-state index < -0.39 is 9.84 Å². The van der Waals surface area contributed by atoms with Gasteiger partial charge in [-0.25, -0.2) is 8.42 Å². The molecule has 0 fully saturated rings. The summed E-state index contributed by atoms with van der Waals surface area (Å²) < 4.78 is 24.3. The Bertz CT molecular complexity index is 423. The van der Waals surface area contributed by atoms with Crippen molar-refractivity contribution in [1.29, 1.82) is 0 Å². The van der Waals surface area contributed by atoms with Gasteiger partial charge in [-0.05, 0) is 26.0 Å². The number of nitrogens with one attached hydrogen (secondary N) is 1. The van der Waals surface area contributed by atoms with Crippen molar-refractivity contribution >= 4 is 9.84 Å². The first-order chi connectivity index (χ1) is 7.42. The number of nitrogens with zero attached hydrogens (tertiary/aromatic N) is 1. The predicted molar refractivity (Wildman–Crippen MR) is 66.1 cm³/mol. The van der Waals surface area contributed by atoms with Crippen molar-refractivity contribution < 1.29 is 8.42 Å². The molecule has 0 aliphatic carbocycles. The summed E-state index contributed by atoms with van der Waals surface area (Å²) in [5.74, 6) is 0.180. The number of rotatable bonds is 6. The zero-order valence-corrected chi connectivity index (χ0v) is 10.9. The minimum atomic E-state index is -2.90. The number of sulfone groups is 1. The molecule has 0 aliphatic rings. The van der Waals surface area contributed by atoms with Crippen LogP contribution in [0.15, 0.2) is 18.3 Å². The van der Waals surface area contributed by atoms with E-state index in [1.807, 2.05) is 25.3 Å². The van der Waals surface area contributed by atoms with Crippen molar-refractivity contribution in [1.82, 2.24) is 9.88 Å². The van der Waals surface area contributed by atoms with Crippen molar-refractivity contribution in [3.05, 3.63) is 24.0 Å². The zero-order chi connectivity index (χ0) is 12.2. The average Bonchev–Trinajstić information content (AvgIpc) is 2.59. The van der Waals surface area contributed by atoms with Crippen molar-refractivity contribution in [2.45, 2.75) is 33.0 Å². The third-order valence-electron chi connectivity index (χ3n) is 2.45. The minimum absolute atomic E-state index is 0.0183. The molecule has 0 aliphatic heterocycles. The maximum atomic E-state index is 11.1. The monoisotopic (exact) mass is 244 g/mol.